The van der Waals surface area contributed by atoms with Crippen LogP contribution >= 0.6 is 0 Å². The third-order valence-electron chi connectivity index (χ3n) is 5.29. The topological polar surface area (TPSA) is 46.2 Å². The lowest BCUT2D eigenvalue weighted by Crippen LogP contribution is -2.38. The molecule has 6 heteroatoms. The van der Waals surface area contributed by atoms with Crippen LogP contribution in [0.5, 0.6) is 0 Å². The van der Waals surface area contributed by atoms with Gasteiger partial charge in [0, 0.05) is 19.0 Å². The summed E-state index contributed by atoms with van der Waals surface area (Å²) in [6, 6.07) is 7.99. The fourth-order valence-electron chi connectivity index (χ4n) is 3.57. The Morgan fingerprint density at radius 3 is 2.57 bits per heavy atom. The monoisotopic (exact) mass is 412 g/mol. The Kier molecular flexibility index (Phi) is 8.93. The minimum Gasteiger partial charge on any atom is -0.351 e. The molecule has 1 atom stereocenters. The van der Waals surface area contributed by atoms with E-state index >= 15 is 0 Å². The molecule has 0 spiro atoms. The van der Waals surface area contributed by atoms with Crippen LogP contribution in [0, 0.1) is 0 Å². The summed E-state index contributed by atoms with van der Waals surface area (Å²) in [5.74, 6) is -0.864. The van der Waals surface area contributed by atoms with Gasteiger partial charge in [-0.25, -0.2) is 0 Å². The van der Waals surface area contributed by atoms with Gasteiger partial charge in [-0.2, -0.15) is 8.78 Å². The van der Waals surface area contributed by atoms with Gasteiger partial charge in [-0.3, -0.25) is 9.59 Å². The zero-order chi connectivity index (χ0) is 20.6. The van der Waals surface area contributed by atoms with Crippen molar-refractivity contribution in [2.24, 2.45) is 0 Å². The second-order valence-electron chi connectivity index (χ2n) is 7.67. The number of carbonyl (C=O) groups is 2. The number of halogens is 2. The molecule has 1 unspecified atom stereocenters. The molecule has 1 aliphatic rings. The molecule has 0 aliphatic carbocycles. The minimum atomic E-state index is -3.32. The molecule has 1 amide bonds. The van der Waals surface area contributed by atoms with Gasteiger partial charge in [0.15, 0.2) is 5.75 Å². The first-order chi connectivity index (χ1) is 13.3. The summed E-state index contributed by atoms with van der Waals surface area (Å²) in [5.41, 5.74) is 1.99. The SMILES string of the molecule is CCC(CCCCNC(=O)C(C)(F)F)c1cccc(C(=O)C[S+]2CCCC2)c1. The largest absolute Gasteiger partial charge is 0.351 e. The molecule has 1 fully saturated rings. The number of carbonyl (C=O) groups excluding carboxylic acids is 2. The third kappa shape index (κ3) is 7.19. The van der Waals surface area contributed by atoms with Gasteiger partial charge in [0.1, 0.15) is 11.5 Å². The third-order valence-corrected chi connectivity index (χ3v) is 7.69. The van der Waals surface area contributed by atoms with Crippen LogP contribution in [0.1, 0.15) is 74.2 Å². The highest BCUT2D eigenvalue weighted by atomic mass is 32.2. The lowest BCUT2D eigenvalue weighted by Gasteiger charge is -2.16. The molecule has 2 rings (SSSR count). The average Bonchev–Trinajstić information content (AvgIpc) is 3.16. The predicted molar refractivity (Wildman–Crippen MR) is 112 cm³/mol. The van der Waals surface area contributed by atoms with Crippen LogP contribution in [0.15, 0.2) is 24.3 Å². The quantitative estimate of drug-likeness (QED) is 0.325. The zero-order valence-electron chi connectivity index (χ0n) is 16.9. The number of Topliss-reactive ketones (excluding diaryl/α,β-unsaturated/α-hetero) is 1. The first-order valence-electron chi connectivity index (χ1n) is 10.2. The number of hydrogen-bond donors (Lipinski definition) is 1. The highest BCUT2D eigenvalue weighted by Gasteiger charge is 2.31. The summed E-state index contributed by atoms with van der Waals surface area (Å²) >= 11 is 0. The second-order valence-corrected chi connectivity index (χ2v) is 10.00. The Morgan fingerprint density at radius 1 is 1.21 bits per heavy atom. The Bertz CT molecular complexity index is 654. The molecule has 0 saturated carbocycles. The van der Waals surface area contributed by atoms with E-state index in [9.17, 15) is 18.4 Å². The number of hydrogen-bond acceptors (Lipinski definition) is 2. The standard InChI is InChI=1S/C22H31F2NO2S/c1-3-17(9-4-5-12-25-21(27)22(2,23)24)18-10-8-11-19(15-18)20(26)16-28-13-6-7-14-28/h8,10-11,15,17H,3-7,9,12-14,16H2,1-2H3/p+1. The van der Waals surface area contributed by atoms with Crippen molar-refractivity contribution in [2.75, 3.05) is 23.8 Å². The summed E-state index contributed by atoms with van der Waals surface area (Å²) in [7, 11) is 0.268. The second kappa shape index (κ2) is 10.9. The van der Waals surface area contributed by atoms with Gasteiger partial charge in [0.2, 0.25) is 5.78 Å². The maximum Gasteiger partial charge on any atom is 0.321 e. The molecule has 1 aromatic carbocycles. The Morgan fingerprint density at radius 2 is 1.93 bits per heavy atom. The van der Waals surface area contributed by atoms with Crippen molar-refractivity contribution in [3.63, 3.8) is 0 Å². The van der Waals surface area contributed by atoms with Crippen LogP contribution < -0.4 is 5.32 Å². The van der Waals surface area contributed by atoms with Crippen LogP contribution in [-0.4, -0.2) is 41.4 Å². The van der Waals surface area contributed by atoms with Crippen molar-refractivity contribution in [1.82, 2.24) is 5.32 Å². The van der Waals surface area contributed by atoms with Crippen LogP contribution in [0.4, 0.5) is 8.78 Å². The molecule has 156 valence electrons. The number of nitrogens with one attached hydrogen (secondary N) is 1. The fraction of sp³-hybridized carbons (Fsp3) is 0.636. The van der Waals surface area contributed by atoms with Crippen LogP contribution in [0.2, 0.25) is 0 Å². The van der Waals surface area contributed by atoms with E-state index in [0.717, 1.165) is 24.8 Å². The van der Waals surface area contributed by atoms with Crippen LogP contribution in [-0.2, 0) is 15.7 Å². The van der Waals surface area contributed by atoms with Crippen molar-refractivity contribution in [2.45, 2.75) is 64.2 Å². The average molecular weight is 413 g/mol. The Balaban J connectivity index is 1.82. The Labute approximate surface area is 170 Å². The van der Waals surface area contributed by atoms with E-state index in [1.165, 1.54) is 29.9 Å². The minimum absolute atomic E-state index is 0.255. The van der Waals surface area contributed by atoms with E-state index < -0.39 is 11.8 Å². The first-order valence-corrected chi connectivity index (χ1v) is 12.0. The normalized spacial score (nSPS) is 16.1. The van der Waals surface area contributed by atoms with E-state index in [1.807, 2.05) is 18.2 Å². The molecule has 1 heterocycles. The lowest BCUT2D eigenvalue weighted by molar-refractivity contribution is -0.143. The highest BCUT2D eigenvalue weighted by Crippen LogP contribution is 2.26. The van der Waals surface area contributed by atoms with Crippen LogP contribution in [0.25, 0.3) is 0 Å². The van der Waals surface area contributed by atoms with E-state index in [1.54, 1.807) is 0 Å². The maximum atomic E-state index is 12.8. The van der Waals surface area contributed by atoms with Gasteiger partial charge in [0.25, 0.3) is 5.91 Å². The van der Waals surface area contributed by atoms with Gasteiger partial charge in [-0.15, -0.1) is 0 Å². The number of rotatable bonds is 11. The van der Waals surface area contributed by atoms with E-state index in [-0.39, 0.29) is 23.2 Å². The molecule has 3 nitrogen and oxygen atoms in total. The van der Waals surface area contributed by atoms with Crippen molar-refractivity contribution >= 4 is 22.6 Å². The van der Waals surface area contributed by atoms with Gasteiger partial charge < -0.3 is 5.32 Å². The smallest absolute Gasteiger partial charge is 0.321 e. The van der Waals surface area contributed by atoms with Gasteiger partial charge in [-0.1, -0.05) is 31.5 Å². The zero-order valence-corrected chi connectivity index (χ0v) is 17.8. The number of alkyl halides is 2. The molecule has 0 bridgehead atoms. The molecule has 0 radical (unpaired) electrons. The summed E-state index contributed by atoms with van der Waals surface area (Å²) < 4.78 is 25.6. The van der Waals surface area contributed by atoms with Gasteiger partial charge >= 0.3 is 5.92 Å². The molecular formula is C22H32F2NO2S+. The van der Waals surface area contributed by atoms with E-state index in [2.05, 4.69) is 18.3 Å². The van der Waals surface area contributed by atoms with Gasteiger partial charge in [-0.05, 0) is 60.5 Å². The molecule has 28 heavy (non-hydrogen) atoms. The lowest BCUT2D eigenvalue weighted by atomic mass is 9.90. The van der Waals surface area contributed by atoms with Crippen LogP contribution in [0.3, 0.4) is 0 Å². The van der Waals surface area contributed by atoms with Crippen molar-refractivity contribution in [1.29, 1.82) is 0 Å². The first kappa shape index (κ1) is 22.9. The van der Waals surface area contributed by atoms with Crippen molar-refractivity contribution in [3.8, 4) is 0 Å². The highest BCUT2D eigenvalue weighted by molar-refractivity contribution is 7.97. The molecular weight excluding hydrogens is 380 g/mol. The Hall–Kier alpha value is -1.43. The number of unbranched alkanes of at least 4 members (excludes halogenated alkanes) is 1. The predicted octanol–water partition coefficient (Wildman–Crippen LogP) is 4.72. The summed E-state index contributed by atoms with van der Waals surface area (Å²) in [6.07, 6.45) is 5.89. The summed E-state index contributed by atoms with van der Waals surface area (Å²) in [6.45, 7) is 2.99. The maximum absolute atomic E-state index is 12.8. The fourth-order valence-corrected chi connectivity index (χ4v) is 5.83. The molecule has 1 aromatic rings. The summed E-state index contributed by atoms with van der Waals surface area (Å²) in [5, 5.41) is 2.28. The molecule has 1 N–H and O–H groups in total. The summed E-state index contributed by atoms with van der Waals surface area (Å²) in [4.78, 5) is 23.8. The molecule has 1 aliphatic heterocycles. The van der Waals surface area contributed by atoms with E-state index in [4.69, 9.17) is 0 Å². The van der Waals surface area contributed by atoms with Crippen molar-refractivity contribution in [3.05, 3.63) is 35.4 Å². The molecule has 1 saturated heterocycles. The number of benzene rings is 1. The van der Waals surface area contributed by atoms with Gasteiger partial charge in [0.05, 0.1) is 0 Å². The molecule has 0 aromatic heterocycles. The number of ketones is 1. The number of amides is 1. The van der Waals surface area contributed by atoms with Crippen molar-refractivity contribution < 1.29 is 18.4 Å². The van der Waals surface area contributed by atoms with E-state index in [0.29, 0.717) is 25.0 Å².